The molecule has 183 valence electrons. The number of fused-ring (bicyclic) bond motifs is 3. The van der Waals surface area contributed by atoms with Gasteiger partial charge in [-0.15, -0.1) is 0 Å². The average molecular weight is 644 g/mol. The molecule has 0 spiro atoms. The molecule has 0 bridgehead atoms. The zero-order valence-corrected chi connectivity index (χ0v) is 22.6. The quantitative estimate of drug-likeness (QED) is 0.341. The SMILES string of the molecule is CCn1c(=O)c(C(=O)C(F)(F)F)c(O)c2ccc3ccccc3c21.CS(C)=O.CS(C)=O.[Eu]. The van der Waals surface area contributed by atoms with Crippen LogP contribution in [-0.4, -0.2) is 55.1 Å². The number of aryl methyl sites for hydroxylation is 1. The van der Waals surface area contributed by atoms with Crippen LogP contribution in [0.3, 0.4) is 0 Å². The van der Waals surface area contributed by atoms with Crippen LogP contribution in [0.25, 0.3) is 21.7 Å². The van der Waals surface area contributed by atoms with Crippen molar-refractivity contribution >= 4 is 49.1 Å². The summed E-state index contributed by atoms with van der Waals surface area (Å²) >= 11 is 0. The molecule has 0 amide bonds. The third kappa shape index (κ3) is 8.65. The number of ketones is 1. The fourth-order valence-electron chi connectivity index (χ4n) is 2.86. The van der Waals surface area contributed by atoms with Gasteiger partial charge in [0.1, 0.15) is 11.3 Å². The molecule has 0 fully saturated rings. The molecule has 2 aromatic carbocycles. The van der Waals surface area contributed by atoms with Gasteiger partial charge in [0.05, 0.1) is 5.52 Å². The molecule has 3 rings (SSSR count). The second-order valence-corrected chi connectivity index (χ2v) is 9.73. The molecule has 12 heteroatoms. The number of nitrogens with zero attached hydrogens (tertiary/aromatic N) is 1. The Morgan fingerprint density at radius 3 is 1.91 bits per heavy atom. The van der Waals surface area contributed by atoms with E-state index in [4.69, 9.17) is 0 Å². The van der Waals surface area contributed by atoms with Gasteiger partial charge in [0, 0.05) is 113 Å². The second kappa shape index (κ2) is 13.8. The minimum Gasteiger partial charge on any atom is -0.506 e. The maximum atomic E-state index is 12.8. The molecule has 0 unspecified atom stereocenters. The van der Waals surface area contributed by atoms with Crippen LogP contribution in [0.15, 0.2) is 41.2 Å². The molecule has 1 radical (unpaired) electrons. The van der Waals surface area contributed by atoms with E-state index in [1.807, 2.05) is 0 Å². The van der Waals surface area contributed by atoms with E-state index in [2.05, 4.69) is 0 Å². The van der Waals surface area contributed by atoms with E-state index in [0.29, 0.717) is 10.9 Å². The van der Waals surface area contributed by atoms with Crippen LogP contribution in [0.1, 0.15) is 17.3 Å². The maximum absolute atomic E-state index is 12.8. The number of pyridine rings is 1. The zero-order valence-electron chi connectivity index (χ0n) is 18.5. The molecular formula is C21H24EuF3NO5S2. The van der Waals surface area contributed by atoms with Crippen LogP contribution < -0.4 is 5.56 Å². The minimum absolute atomic E-state index is 0. The Bertz CT molecular complexity index is 1220. The first-order valence-corrected chi connectivity index (χ1v) is 13.1. The van der Waals surface area contributed by atoms with E-state index in [9.17, 15) is 36.3 Å². The van der Waals surface area contributed by atoms with Gasteiger partial charge in [0.2, 0.25) is 0 Å². The van der Waals surface area contributed by atoms with E-state index < -0.39 is 50.4 Å². The monoisotopic (exact) mass is 644 g/mol. The van der Waals surface area contributed by atoms with Crippen molar-refractivity contribution < 1.29 is 80.9 Å². The smallest absolute Gasteiger partial charge is 0.455 e. The van der Waals surface area contributed by atoms with E-state index in [1.54, 1.807) is 62.3 Å². The fraction of sp³-hybridized carbons (Fsp3) is 0.333. The molecule has 1 N–H and O–H groups in total. The average Bonchev–Trinajstić information content (AvgIpc) is 2.66. The van der Waals surface area contributed by atoms with Gasteiger partial charge in [-0.2, -0.15) is 13.2 Å². The summed E-state index contributed by atoms with van der Waals surface area (Å²) in [5.41, 5.74) is -2.09. The van der Waals surface area contributed by atoms with Crippen LogP contribution >= 0.6 is 0 Å². The summed E-state index contributed by atoms with van der Waals surface area (Å²) in [5, 5.41) is 11.6. The van der Waals surface area contributed by atoms with E-state index in [1.165, 1.54) is 6.07 Å². The van der Waals surface area contributed by atoms with Gasteiger partial charge >= 0.3 is 6.18 Å². The van der Waals surface area contributed by atoms with Crippen molar-refractivity contribution in [2.24, 2.45) is 0 Å². The van der Waals surface area contributed by atoms with Crippen LogP contribution in [0, 0.1) is 49.4 Å². The summed E-state index contributed by atoms with van der Waals surface area (Å²) in [6.07, 6.45) is 1.31. The molecule has 0 aliphatic rings. The third-order valence-corrected chi connectivity index (χ3v) is 3.92. The molecule has 1 heterocycles. The molecule has 0 saturated carbocycles. The van der Waals surface area contributed by atoms with Crippen LogP contribution in [0.2, 0.25) is 0 Å². The zero-order chi connectivity index (χ0) is 24.8. The summed E-state index contributed by atoms with van der Waals surface area (Å²) in [4.78, 5) is 24.0. The van der Waals surface area contributed by atoms with Crippen molar-refractivity contribution in [3.63, 3.8) is 0 Å². The van der Waals surface area contributed by atoms with Crippen molar-refractivity contribution in [2.75, 3.05) is 25.0 Å². The number of alkyl halides is 3. The third-order valence-electron chi connectivity index (χ3n) is 3.92. The number of hydrogen-bond acceptors (Lipinski definition) is 5. The molecule has 0 saturated heterocycles. The molecule has 3 aromatic rings. The normalized spacial score (nSPS) is 10.8. The largest absolute Gasteiger partial charge is 0.506 e. The van der Waals surface area contributed by atoms with Crippen LogP contribution in [0.4, 0.5) is 13.2 Å². The summed E-state index contributed by atoms with van der Waals surface area (Å²) in [7, 11) is -1.22. The van der Waals surface area contributed by atoms with Crippen molar-refractivity contribution in [3.05, 3.63) is 52.3 Å². The number of aromatic nitrogens is 1. The van der Waals surface area contributed by atoms with E-state index in [-0.39, 0.29) is 61.3 Å². The molecule has 33 heavy (non-hydrogen) atoms. The van der Waals surface area contributed by atoms with Crippen molar-refractivity contribution in [2.45, 2.75) is 19.6 Å². The molecular weight excluding hydrogens is 619 g/mol. The summed E-state index contributed by atoms with van der Waals surface area (Å²) in [5.74, 6) is -3.28. The van der Waals surface area contributed by atoms with E-state index >= 15 is 0 Å². The Balaban J connectivity index is 0.000000991. The summed E-state index contributed by atoms with van der Waals surface area (Å²) in [6.45, 7) is 1.64. The Labute approximate surface area is 235 Å². The fourth-order valence-corrected chi connectivity index (χ4v) is 2.86. The number of halogens is 3. The number of carbonyl (C=O) groups excluding carboxylic acids is 1. The van der Waals surface area contributed by atoms with Crippen LogP contribution in [-0.2, 0) is 28.1 Å². The van der Waals surface area contributed by atoms with Gasteiger partial charge in [0.15, 0.2) is 0 Å². The first-order chi connectivity index (χ1) is 14.7. The molecule has 0 atom stereocenters. The molecule has 0 aliphatic carbocycles. The predicted molar refractivity (Wildman–Crippen MR) is 123 cm³/mol. The Hall–Kier alpha value is -0.946. The Morgan fingerprint density at radius 2 is 1.45 bits per heavy atom. The van der Waals surface area contributed by atoms with Gasteiger partial charge in [-0.1, -0.05) is 30.3 Å². The molecule has 1 aromatic heterocycles. The Morgan fingerprint density at radius 1 is 0.970 bits per heavy atom. The second-order valence-electron chi connectivity index (χ2n) is 6.77. The number of carbonyl (C=O) groups is 1. The summed E-state index contributed by atoms with van der Waals surface area (Å²) < 4.78 is 58.5. The minimum atomic E-state index is -5.24. The first-order valence-electron chi connectivity index (χ1n) is 9.12. The summed E-state index contributed by atoms with van der Waals surface area (Å²) in [6, 6.07) is 10.0. The van der Waals surface area contributed by atoms with Gasteiger partial charge in [-0.3, -0.25) is 18.0 Å². The number of aromatic hydroxyl groups is 1. The van der Waals surface area contributed by atoms with Crippen LogP contribution in [0.5, 0.6) is 5.75 Å². The Kier molecular flexibility index (Phi) is 13.4. The van der Waals surface area contributed by atoms with Gasteiger partial charge < -0.3 is 9.67 Å². The number of rotatable bonds is 2. The molecule has 6 nitrogen and oxygen atoms in total. The number of Topliss-reactive ketones (excluding diaryl/α,β-unsaturated/α-hetero) is 1. The van der Waals surface area contributed by atoms with Gasteiger partial charge in [0.25, 0.3) is 11.3 Å². The standard InChI is InChI=1S/C17H12F3NO3.2C2H6OS.Eu/c1-2-21-13-10-6-4-3-5-9(10)7-8-11(13)14(22)12(16(21)24)15(23)17(18,19)20;2*1-4(2)3;/h3-8,22H,2H2,1H3;2*1-2H3;. The maximum Gasteiger partial charge on any atom is 0.455 e. The van der Waals surface area contributed by atoms with Crippen molar-refractivity contribution in [3.8, 4) is 5.75 Å². The predicted octanol–water partition coefficient (Wildman–Crippen LogP) is 3.61. The van der Waals surface area contributed by atoms with E-state index in [0.717, 1.165) is 9.95 Å². The van der Waals surface area contributed by atoms with Gasteiger partial charge in [-0.25, -0.2) is 0 Å². The number of hydrogen-bond donors (Lipinski definition) is 1. The van der Waals surface area contributed by atoms with Gasteiger partial charge in [-0.05, 0) is 18.4 Å². The first kappa shape index (κ1) is 32.1. The molecule has 0 aliphatic heterocycles. The topological polar surface area (TPSA) is 93.4 Å². The number of benzene rings is 2. The van der Waals surface area contributed by atoms with Crippen molar-refractivity contribution in [1.82, 2.24) is 4.57 Å². The van der Waals surface area contributed by atoms with Crippen molar-refractivity contribution in [1.29, 1.82) is 0 Å².